The zero-order valence-electron chi connectivity index (χ0n) is 14.1. The Bertz CT molecular complexity index is 970. The van der Waals surface area contributed by atoms with Gasteiger partial charge in [-0.1, -0.05) is 18.2 Å². The average molecular weight is 369 g/mol. The van der Waals surface area contributed by atoms with E-state index in [0.29, 0.717) is 32.5 Å². The standard InChI is InChI=1S/C19H15NO5S/c1-23-18(21)14-6-4-3-5-13(14)15-9-7-12(25-15)8-10-17-20-11-16(26-17)19(22)24-2/h3-11H,1-2H3/b10-8+. The lowest BCUT2D eigenvalue weighted by molar-refractivity contribution is 0.0594. The number of carbonyl (C=O) groups excluding carboxylic acids is 2. The number of nitrogens with zero attached hydrogens (tertiary/aromatic N) is 1. The summed E-state index contributed by atoms with van der Waals surface area (Å²) in [5.74, 6) is 0.309. The maximum absolute atomic E-state index is 11.9. The van der Waals surface area contributed by atoms with Crippen LogP contribution in [0.25, 0.3) is 23.5 Å². The summed E-state index contributed by atoms with van der Waals surface area (Å²) >= 11 is 1.22. The van der Waals surface area contributed by atoms with Crippen molar-refractivity contribution in [2.24, 2.45) is 0 Å². The number of methoxy groups -OCH3 is 2. The van der Waals surface area contributed by atoms with Gasteiger partial charge in [0, 0.05) is 5.56 Å². The van der Waals surface area contributed by atoms with Gasteiger partial charge in [-0.05, 0) is 30.4 Å². The lowest BCUT2D eigenvalue weighted by atomic mass is 10.1. The summed E-state index contributed by atoms with van der Waals surface area (Å²) in [6.45, 7) is 0. The SMILES string of the molecule is COC(=O)c1cnc(/C=C/c2ccc(-c3ccccc3C(=O)OC)o2)s1. The van der Waals surface area contributed by atoms with Crippen LogP contribution in [0.15, 0.2) is 47.0 Å². The van der Waals surface area contributed by atoms with Crippen LogP contribution >= 0.6 is 11.3 Å². The second-order valence-electron chi connectivity index (χ2n) is 5.13. The van der Waals surface area contributed by atoms with E-state index in [0.717, 1.165) is 0 Å². The number of carbonyl (C=O) groups is 2. The topological polar surface area (TPSA) is 78.6 Å². The molecule has 6 nitrogen and oxygen atoms in total. The molecule has 0 amide bonds. The molecule has 2 aromatic heterocycles. The number of thiazole rings is 1. The Kier molecular flexibility index (Phi) is 5.28. The van der Waals surface area contributed by atoms with Gasteiger partial charge in [0.15, 0.2) is 0 Å². The third-order valence-corrected chi connectivity index (χ3v) is 4.47. The van der Waals surface area contributed by atoms with Gasteiger partial charge in [-0.25, -0.2) is 14.6 Å². The Morgan fingerprint density at radius 2 is 1.81 bits per heavy atom. The van der Waals surface area contributed by atoms with Gasteiger partial charge in [0.1, 0.15) is 21.4 Å². The number of esters is 2. The summed E-state index contributed by atoms with van der Waals surface area (Å²) in [7, 11) is 2.67. The van der Waals surface area contributed by atoms with Gasteiger partial charge in [0.05, 0.1) is 26.0 Å². The molecule has 7 heteroatoms. The predicted octanol–water partition coefficient (Wildman–Crippen LogP) is 4.15. The van der Waals surface area contributed by atoms with E-state index in [1.807, 2.05) is 6.07 Å². The number of furan rings is 1. The molecule has 0 aliphatic carbocycles. The van der Waals surface area contributed by atoms with E-state index in [1.165, 1.54) is 31.8 Å². The second-order valence-corrected chi connectivity index (χ2v) is 6.19. The lowest BCUT2D eigenvalue weighted by Gasteiger charge is -2.04. The summed E-state index contributed by atoms with van der Waals surface area (Å²) in [4.78, 5) is 27.9. The van der Waals surface area contributed by atoms with Gasteiger partial charge in [0.25, 0.3) is 0 Å². The molecule has 0 saturated carbocycles. The van der Waals surface area contributed by atoms with Crippen LogP contribution < -0.4 is 0 Å². The van der Waals surface area contributed by atoms with Crippen molar-refractivity contribution in [1.82, 2.24) is 4.98 Å². The van der Waals surface area contributed by atoms with Crippen LogP contribution in [0.2, 0.25) is 0 Å². The van der Waals surface area contributed by atoms with E-state index in [2.05, 4.69) is 9.72 Å². The number of benzene rings is 1. The number of aromatic nitrogens is 1. The minimum absolute atomic E-state index is 0.415. The monoisotopic (exact) mass is 369 g/mol. The van der Waals surface area contributed by atoms with Crippen LogP contribution in [-0.2, 0) is 9.47 Å². The lowest BCUT2D eigenvalue weighted by Crippen LogP contribution is -2.02. The molecule has 3 aromatic rings. The van der Waals surface area contributed by atoms with Gasteiger partial charge >= 0.3 is 11.9 Å². The molecule has 0 atom stereocenters. The Hall–Kier alpha value is -3.19. The summed E-state index contributed by atoms with van der Waals surface area (Å²) in [6, 6.07) is 10.6. The van der Waals surface area contributed by atoms with Gasteiger partial charge in [-0.2, -0.15) is 0 Å². The summed E-state index contributed by atoms with van der Waals surface area (Å²) in [5, 5.41) is 0.651. The highest BCUT2D eigenvalue weighted by molar-refractivity contribution is 7.14. The maximum atomic E-state index is 11.9. The van der Waals surface area contributed by atoms with Gasteiger partial charge in [-0.15, -0.1) is 11.3 Å². The molecule has 2 heterocycles. The molecule has 0 unspecified atom stereocenters. The quantitative estimate of drug-likeness (QED) is 0.629. The molecule has 0 aliphatic heterocycles. The number of hydrogen-bond acceptors (Lipinski definition) is 7. The van der Waals surface area contributed by atoms with E-state index >= 15 is 0 Å². The van der Waals surface area contributed by atoms with Crippen LogP contribution in [0, 0.1) is 0 Å². The van der Waals surface area contributed by atoms with Crippen molar-refractivity contribution >= 4 is 35.4 Å². The van der Waals surface area contributed by atoms with Crippen LogP contribution in [0.5, 0.6) is 0 Å². The molecule has 3 rings (SSSR count). The van der Waals surface area contributed by atoms with Crippen LogP contribution in [0.1, 0.15) is 30.8 Å². The molecule has 0 N–H and O–H groups in total. The van der Waals surface area contributed by atoms with Gasteiger partial charge < -0.3 is 13.9 Å². The van der Waals surface area contributed by atoms with Gasteiger partial charge in [0.2, 0.25) is 0 Å². The third kappa shape index (κ3) is 3.73. The molecule has 132 valence electrons. The fraction of sp³-hybridized carbons (Fsp3) is 0.105. The summed E-state index contributed by atoms with van der Waals surface area (Å²) in [6.07, 6.45) is 4.95. The summed E-state index contributed by atoms with van der Waals surface area (Å²) in [5.41, 5.74) is 1.09. The number of rotatable bonds is 5. The first-order valence-electron chi connectivity index (χ1n) is 7.62. The van der Waals surface area contributed by atoms with E-state index < -0.39 is 11.9 Å². The van der Waals surface area contributed by atoms with Crippen LogP contribution in [0.3, 0.4) is 0 Å². The Labute approximate surface area is 153 Å². The average Bonchev–Trinajstić information content (AvgIpc) is 3.34. The van der Waals surface area contributed by atoms with Crippen molar-refractivity contribution in [1.29, 1.82) is 0 Å². The van der Waals surface area contributed by atoms with E-state index in [1.54, 1.807) is 42.5 Å². The molecule has 0 fully saturated rings. The summed E-state index contributed by atoms with van der Waals surface area (Å²) < 4.78 is 15.3. The smallest absolute Gasteiger partial charge is 0.349 e. The maximum Gasteiger partial charge on any atom is 0.349 e. The van der Waals surface area contributed by atoms with E-state index in [4.69, 9.17) is 9.15 Å². The van der Waals surface area contributed by atoms with Crippen molar-refractivity contribution in [2.75, 3.05) is 14.2 Å². The molecule has 26 heavy (non-hydrogen) atoms. The molecular formula is C19H15NO5S. The highest BCUT2D eigenvalue weighted by atomic mass is 32.1. The largest absolute Gasteiger partial charge is 0.465 e. The van der Waals surface area contributed by atoms with Gasteiger partial charge in [-0.3, -0.25) is 0 Å². The first kappa shape index (κ1) is 17.6. The van der Waals surface area contributed by atoms with E-state index in [9.17, 15) is 9.59 Å². The number of ether oxygens (including phenoxy) is 2. The Morgan fingerprint density at radius 1 is 1.04 bits per heavy atom. The number of hydrogen-bond donors (Lipinski definition) is 0. The molecule has 0 bridgehead atoms. The Balaban J connectivity index is 1.82. The first-order valence-corrected chi connectivity index (χ1v) is 8.44. The highest BCUT2D eigenvalue weighted by Crippen LogP contribution is 2.27. The van der Waals surface area contributed by atoms with Crippen molar-refractivity contribution < 1.29 is 23.5 Å². The molecule has 0 spiro atoms. The fourth-order valence-electron chi connectivity index (χ4n) is 2.29. The van der Waals surface area contributed by atoms with Crippen molar-refractivity contribution in [2.45, 2.75) is 0 Å². The zero-order valence-corrected chi connectivity index (χ0v) is 14.9. The molecule has 0 radical (unpaired) electrons. The van der Waals surface area contributed by atoms with Crippen molar-refractivity contribution in [3.05, 3.63) is 63.8 Å². The molecular weight excluding hydrogens is 354 g/mol. The van der Waals surface area contributed by atoms with Crippen LogP contribution in [0.4, 0.5) is 0 Å². The molecule has 0 saturated heterocycles. The predicted molar refractivity (Wildman–Crippen MR) is 97.9 cm³/mol. The molecule has 1 aromatic carbocycles. The zero-order chi connectivity index (χ0) is 18.5. The minimum Gasteiger partial charge on any atom is -0.465 e. The highest BCUT2D eigenvalue weighted by Gasteiger charge is 2.15. The molecule has 0 aliphatic rings. The van der Waals surface area contributed by atoms with Crippen LogP contribution in [-0.4, -0.2) is 31.1 Å². The Morgan fingerprint density at radius 3 is 2.58 bits per heavy atom. The fourth-order valence-corrected chi connectivity index (χ4v) is 3.03. The second kappa shape index (κ2) is 7.79. The van der Waals surface area contributed by atoms with Crippen molar-refractivity contribution in [3.63, 3.8) is 0 Å². The first-order chi connectivity index (χ1) is 12.6. The normalized spacial score (nSPS) is 10.8. The third-order valence-electron chi connectivity index (χ3n) is 3.52. The van der Waals surface area contributed by atoms with Crippen molar-refractivity contribution in [3.8, 4) is 11.3 Å². The van der Waals surface area contributed by atoms with E-state index in [-0.39, 0.29) is 0 Å². The minimum atomic E-state index is -0.424.